The van der Waals surface area contributed by atoms with Gasteiger partial charge in [-0.15, -0.1) is 0 Å². The molecular weight excluding hydrogens is 212 g/mol. The first-order valence-electron chi connectivity index (χ1n) is 5.24. The zero-order valence-electron chi connectivity index (χ0n) is 9.21. The number of hydrogen-bond donors (Lipinski definition) is 0. The number of hydrogen-bond acceptors (Lipinski definition) is 2. The van der Waals surface area contributed by atoms with Crippen LogP contribution in [0.4, 0.5) is 8.78 Å². The minimum absolute atomic E-state index is 0.0550. The van der Waals surface area contributed by atoms with Crippen molar-refractivity contribution in [3.8, 4) is 0 Å². The Kier molecular flexibility index (Phi) is 2.90. The van der Waals surface area contributed by atoms with Crippen LogP contribution >= 0.6 is 0 Å². The van der Waals surface area contributed by atoms with Crippen molar-refractivity contribution in [1.29, 1.82) is 0 Å². The molecule has 2 nitrogen and oxygen atoms in total. The Bertz CT molecular complexity index is 429. The lowest BCUT2D eigenvalue weighted by Crippen LogP contribution is -2.13. The zero-order chi connectivity index (χ0) is 11.7. The smallest absolute Gasteiger partial charge is 0.219 e. The van der Waals surface area contributed by atoms with E-state index in [4.69, 9.17) is 4.74 Å². The van der Waals surface area contributed by atoms with E-state index in [1.165, 1.54) is 12.1 Å². The molecule has 0 radical (unpaired) electrons. The van der Waals surface area contributed by atoms with E-state index < -0.39 is 11.6 Å². The average Bonchev–Trinajstić information content (AvgIpc) is 2.66. The molecule has 16 heavy (non-hydrogen) atoms. The highest BCUT2D eigenvalue weighted by Crippen LogP contribution is 2.19. The van der Waals surface area contributed by atoms with Crippen molar-refractivity contribution < 1.29 is 13.5 Å². The molecule has 0 saturated carbocycles. The molecule has 0 saturated heterocycles. The Morgan fingerprint density at radius 1 is 1.38 bits per heavy atom. The average molecular weight is 225 g/mol. The molecule has 86 valence electrons. The van der Waals surface area contributed by atoms with E-state index >= 15 is 0 Å². The second kappa shape index (κ2) is 4.20. The molecule has 1 aromatic rings. The quantitative estimate of drug-likeness (QED) is 0.758. The Morgan fingerprint density at radius 2 is 2.12 bits per heavy atom. The molecule has 0 N–H and O–H groups in total. The van der Waals surface area contributed by atoms with Gasteiger partial charge in [0.15, 0.2) is 0 Å². The number of ether oxygens (including phenoxy) is 1. The minimum Gasteiger partial charge on any atom is -0.475 e. The summed E-state index contributed by atoms with van der Waals surface area (Å²) in [5.74, 6) is -0.611. The first-order valence-corrected chi connectivity index (χ1v) is 5.24. The summed E-state index contributed by atoms with van der Waals surface area (Å²) in [5, 5.41) is 0. The molecule has 1 heterocycles. The summed E-state index contributed by atoms with van der Waals surface area (Å²) in [6.07, 6.45) is 0. The second-order valence-electron chi connectivity index (χ2n) is 4.18. The normalized spacial score (nSPS) is 19.8. The maximum absolute atomic E-state index is 13.4. The van der Waals surface area contributed by atoms with Gasteiger partial charge in [-0.3, -0.25) is 0 Å². The topological polar surface area (TPSA) is 21.6 Å². The summed E-state index contributed by atoms with van der Waals surface area (Å²) in [6.45, 7) is 4.52. The van der Waals surface area contributed by atoms with Crippen LogP contribution in [0.3, 0.4) is 0 Å². The van der Waals surface area contributed by atoms with Crippen molar-refractivity contribution in [2.75, 3.05) is 6.61 Å². The van der Waals surface area contributed by atoms with Crippen LogP contribution in [-0.4, -0.2) is 18.5 Å². The molecule has 1 aliphatic heterocycles. The number of benzene rings is 1. The lowest BCUT2D eigenvalue weighted by atomic mass is 10.1. The highest BCUT2D eigenvalue weighted by Gasteiger charge is 2.24. The van der Waals surface area contributed by atoms with Crippen LogP contribution in [0.5, 0.6) is 0 Å². The largest absolute Gasteiger partial charge is 0.475 e. The van der Waals surface area contributed by atoms with E-state index in [-0.39, 0.29) is 17.5 Å². The summed E-state index contributed by atoms with van der Waals surface area (Å²) in [4.78, 5) is 4.28. The van der Waals surface area contributed by atoms with Gasteiger partial charge in [0.05, 0.1) is 11.6 Å². The predicted octanol–water partition coefficient (Wildman–Crippen LogP) is 2.77. The summed E-state index contributed by atoms with van der Waals surface area (Å²) in [6, 6.07) is 3.45. The van der Waals surface area contributed by atoms with Gasteiger partial charge in [0, 0.05) is 6.07 Å². The van der Waals surface area contributed by atoms with Crippen LogP contribution in [0.15, 0.2) is 23.2 Å². The highest BCUT2D eigenvalue weighted by atomic mass is 19.1. The summed E-state index contributed by atoms with van der Waals surface area (Å²) in [5.41, 5.74) is 0.226. The van der Waals surface area contributed by atoms with Crippen LogP contribution in [0, 0.1) is 17.6 Å². The maximum Gasteiger partial charge on any atom is 0.219 e. The van der Waals surface area contributed by atoms with Gasteiger partial charge in [-0.1, -0.05) is 13.8 Å². The van der Waals surface area contributed by atoms with Gasteiger partial charge >= 0.3 is 0 Å². The predicted molar refractivity (Wildman–Crippen MR) is 57.5 cm³/mol. The molecule has 1 atom stereocenters. The van der Waals surface area contributed by atoms with Gasteiger partial charge in [-0.2, -0.15) is 0 Å². The first kappa shape index (κ1) is 11.0. The molecule has 2 rings (SSSR count). The van der Waals surface area contributed by atoms with Crippen LogP contribution in [0.1, 0.15) is 19.4 Å². The third kappa shape index (κ3) is 2.05. The minimum atomic E-state index is -0.636. The Balaban J connectivity index is 2.29. The summed E-state index contributed by atoms with van der Waals surface area (Å²) in [7, 11) is 0. The summed E-state index contributed by atoms with van der Waals surface area (Å²) >= 11 is 0. The standard InChI is InChI=1S/C12H13F2NO/c1-7(2)11-6-16-12(15-11)9-4-3-8(13)5-10(9)14/h3-5,7,11H,6H2,1-2H3. The number of nitrogens with zero attached hydrogens (tertiary/aromatic N) is 1. The van der Waals surface area contributed by atoms with Crippen LogP contribution in [-0.2, 0) is 4.74 Å². The Hall–Kier alpha value is -1.45. The van der Waals surface area contributed by atoms with Gasteiger partial charge in [0.2, 0.25) is 5.90 Å². The van der Waals surface area contributed by atoms with E-state index in [1.807, 2.05) is 13.8 Å². The monoisotopic (exact) mass is 225 g/mol. The van der Waals surface area contributed by atoms with Crippen LogP contribution < -0.4 is 0 Å². The van der Waals surface area contributed by atoms with Crippen LogP contribution in [0.25, 0.3) is 0 Å². The molecule has 0 aromatic heterocycles. The van der Waals surface area contributed by atoms with Crippen molar-refractivity contribution in [3.05, 3.63) is 35.4 Å². The SMILES string of the molecule is CC(C)C1COC(c2ccc(F)cc2F)=N1. The third-order valence-electron chi connectivity index (χ3n) is 2.60. The van der Waals surface area contributed by atoms with Gasteiger partial charge in [0.25, 0.3) is 0 Å². The van der Waals surface area contributed by atoms with E-state index in [0.717, 1.165) is 6.07 Å². The maximum atomic E-state index is 13.4. The number of aliphatic imine (C=N–C) groups is 1. The van der Waals surface area contributed by atoms with Crippen molar-refractivity contribution in [2.45, 2.75) is 19.9 Å². The fourth-order valence-corrected chi connectivity index (χ4v) is 1.54. The van der Waals surface area contributed by atoms with Gasteiger partial charge < -0.3 is 4.74 Å². The number of rotatable bonds is 2. The fourth-order valence-electron chi connectivity index (χ4n) is 1.54. The Labute approximate surface area is 93.0 Å². The molecular formula is C12H13F2NO. The highest BCUT2D eigenvalue weighted by molar-refractivity contribution is 5.95. The zero-order valence-corrected chi connectivity index (χ0v) is 9.21. The molecule has 0 spiro atoms. The van der Waals surface area contributed by atoms with E-state index in [2.05, 4.69) is 4.99 Å². The van der Waals surface area contributed by atoms with Gasteiger partial charge in [-0.05, 0) is 18.1 Å². The lowest BCUT2D eigenvalue weighted by Gasteiger charge is -2.06. The van der Waals surface area contributed by atoms with Crippen molar-refractivity contribution in [1.82, 2.24) is 0 Å². The molecule has 4 heteroatoms. The number of halogens is 2. The lowest BCUT2D eigenvalue weighted by molar-refractivity contribution is 0.291. The van der Waals surface area contributed by atoms with E-state index in [9.17, 15) is 8.78 Å². The fraction of sp³-hybridized carbons (Fsp3) is 0.417. The third-order valence-corrected chi connectivity index (χ3v) is 2.60. The Morgan fingerprint density at radius 3 is 2.69 bits per heavy atom. The first-order chi connectivity index (χ1) is 7.58. The van der Waals surface area contributed by atoms with Crippen molar-refractivity contribution >= 4 is 5.90 Å². The van der Waals surface area contributed by atoms with Gasteiger partial charge in [0.1, 0.15) is 18.2 Å². The molecule has 1 aliphatic rings. The molecule has 0 aliphatic carbocycles. The van der Waals surface area contributed by atoms with Crippen molar-refractivity contribution in [2.24, 2.45) is 10.9 Å². The molecule has 0 fully saturated rings. The molecule has 1 aromatic carbocycles. The second-order valence-corrected chi connectivity index (χ2v) is 4.18. The molecule has 0 amide bonds. The molecule has 1 unspecified atom stereocenters. The van der Waals surface area contributed by atoms with E-state index in [0.29, 0.717) is 12.5 Å². The van der Waals surface area contributed by atoms with Crippen LogP contribution in [0.2, 0.25) is 0 Å². The molecule has 0 bridgehead atoms. The van der Waals surface area contributed by atoms with Gasteiger partial charge in [-0.25, -0.2) is 13.8 Å². The van der Waals surface area contributed by atoms with E-state index in [1.54, 1.807) is 0 Å². The summed E-state index contributed by atoms with van der Waals surface area (Å²) < 4.78 is 31.5. The van der Waals surface area contributed by atoms with Crippen molar-refractivity contribution in [3.63, 3.8) is 0 Å².